The van der Waals surface area contributed by atoms with Crippen LogP contribution >= 0.6 is 0 Å². The number of carbonyl (C=O) groups excluding carboxylic acids is 1. The van der Waals surface area contributed by atoms with E-state index in [1.807, 2.05) is 24.3 Å². The van der Waals surface area contributed by atoms with Gasteiger partial charge in [0, 0.05) is 32.6 Å². The number of nitrogens with zero attached hydrogens (tertiary/aromatic N) is 2. The van der Waals surface area contributed by atoms with Crippen molar-refractivity contribution < 1.29 is 22.0 Å². The molecule has 0 radical (unpaired) electrons. The zero-order valence-corrected chi connectivity index (χ0v) is 17.6. The predicted molar refractivity (Wildman–Crippen MR) is 114 cm³/mol. The molecule has 4 rings (SSSR count). The minimum Gasteiger partial charge on any atom is -0.340 e. The number of halogens is 2. The topological polar surface area (TPSA) is 57.7 Å². The highest BCUT2D eigenvalue weighted by Crippen LogP contribution is 2.23. The van der Waals surface area contributed by atoms with E-state index in [9.17, 15) is 22.0 Å². The summed E-state index contributed by atoms with van der Waals surface area (Å²) in [6, 6.07) is 15.8. The predicted octanol–water partition coefficient (Wildman–Crippen LogP) is 3.58. The van der Waals surface area contributed by atoms with Crippen molar-refractivity contribution in [3.63, 3.8) is 0 Å². The van der Waals surface area contributed by atoms with E-state index in [0.29, 0.717) is 0 Å². The van der Waals surface area contributed by atoms with Crippen molar-refractivity contribution in [1.82, 2.24) is 9.21 Å². The summed E-state index contributed by atoms with van der Waals surface area (Å²) in [6.45, 7) is 0.902. The number of hydrogen-bond donors (Lipinski definition) is 0. The number of hydrogen-bond acceptors (Lipinski definition) is 3. The van der Waals surface area contributed by atoms with Crippen LogP contribution in [0, 0.1) is 11.6 Å². The molecular weight excluding hydrogens is 422 g/mol. The lowest BCUT2D eigenvalue weighted by Crippen LogP contribution is -2.50. The van der Waals surface area contributed by atoms with Gasteiger partial charge < -0.3 is 4.90 Å². The largest absolute Gasteiger partial charge is 0.340 e. The molecule has 1 amide bonds. The van der Waals surface area contributed by atoms with Crippen LogP contribution in [0.4, 0.5) is 8.78 Å². The molecule has 0 atom stereocenters. The van der Waals surface area contributed by atoms with Crippen LogP contribution in [0.25, 0.3) is 10.8 Å². The first-order valence-corrected chi connectivity index (χ1v) is 11.5. The standard InChI is InChI=1S/C23H22F2N2O3S/c24-20-7-9-22(25)19(15-20)6-10-23(28)26-11-13-27(14-12-26)31(29,30)21-8-5-17-3-1-2-4-18(17)16-21/h1-5,7-9,15-16H,6,10-14H2. The third-order valence-corrected chi connectivity index (χ3v) is 7.46. The molecule has 8 heteroatoms. The Bertz CT molecular complexity index is 1220. The zero-order valence-electron chi connectivity index (χ0n) is 16.8. The third kappa shape index (κ3) is 4.60. The van der Waals surface area contributed by atoms with Gasteiger partial charge in [0.15, 0.2) is 0 Å². The lowest BCUT2D eigenvalue weighted by molar-refractivity contribution is -0.132. The summed E-state index contributed by atoms with van der Waals surface area (Å²) in [5.41, 5.74) is 0.158. The fraction of sp³-hybridized carbons (Fsp3) is 0.261. The van der Waals surface area contributed by atoms with E-state index >= 15 is 0 Å². The molecule has 1 aliphatic heterocycles. The maximum absolute atomic E-state index is 13.7. The second-order valence-corrected chi connectivity index (χ2v) is 9.47. The van der Waals surface area contributed by atoms with Crippen molar-refractivity contribution in [3.05, 3.63) is 77.9 Å². The Kier molecular flexibility index (Phi) is 6.02. The molecular formula is C23H22F2N2O3S. The van der Waals surface area contributed by atoms with Crippen LogP contribution < -0.4 is 0 Å². The molecule has 1 aliphatic rings. The Morgan fingerprint density at radius 1 is 0.871 bits per heavy atom. The molecule has 1 heterocycles. The molecule has 0 spiro atoms. The van der Waals surface area contributed by atoms with Crippen molar-refractivity contribution >= 4 is 26.7 Å². The molecule has 0 unspecified atom stereocenters. The van der Waals surface area contributed by atoms with Gasteiger partial charge in [0.1, 0.15) is 11.6 Å². The maximum atomic E-state index is 13.7. The molecule has 3 aromatic carbocycles. The van der Waals surface area contributed by atoms with Gasteiger partial charge in [0.2, 0.25) is 15.9 Å². The summed E-state index contributed by atoms with van der Waals surface area (Å²) < 4.78 is 54.5. The van der Waals surface area contributed by atoms with Gasteiger partial charge in [-0.25, -0.2) is 17.2 Å². The van der Waals surface area contributed by atoms with Crippen molar-refractivity contribution in [3.8, 4) is 0 Å². The quantitative estimate of drug-likeness (QED) is 0.605. The van der Waals surface area contributed by atoms with Gasteiger partial charge in [-0.05, 0) is 53.1 Å². The van der Waals surface area contributed by atoms with Crippen LogP contribution in [0.1, 0.15) is 12.0 Å². The summed E-state index contributed by atoms with van der Waals surface area (Å²) in [7, 11) is -3.66. The number of carbonyl (C=O) groups is 1. The van der Waals surface area contributed by atoms with E-state index < -0.39 is 21.7 Å². The Labute approximate surface area is 179 Å². The lowest BCUT2D eigenvalue weighted by atomic mass is 10.1. The van der Waals surface area contributed by atoms with Crippen molar-refractivity contribution in [2.75, 3.05) is 26.2 Å². The number of amides is 1. The van der Waals surface area contributed by atoms with Gasteiger partial charge in [0.05, 0.1) is 4.90 Å². The highest BCUT2D eigenvalue weighted by molar-refractivity contribution is 7.89. The molecule has 0 aromatic heterocycles. The van der Waals surface area contributed by atoms with Crippen LogP contribution in [-0.2, 0) is 21.2 Å². The smallest absolute Gasteiger partial charge is 0.243 e. The van der Waals surface area contributed by atoms with Gasteiger partial charge >= 0.3 is 0 Å². The Hall–Kier alpha value is -2.84. The second kappa shape index (κ2) is 8.72. The summed E-state index contributed by atoms with van der Waals surface area (Å²) in [5.74, 6) is -1.29. The van der Waals surface area contributed by atoms with Gasteiger partial charge in [-0.15, -0.1) is 0 Å². The van der Waals surface area contributed by atoms with Gasteiger partial charge in [-0.3, -0.25) is 4.79 Å². The summed E-state index contributed by atoms with van der Waals surface area (Å²) in [4.78, 5) is 14.3. The van der Waals surface area contributed by atoms with Crippen LogP contribution in [0.2, 0.25) is 0 Å². The monoisotopic (exact) mass is 444 g/mol. The Balaban J connectivity index is 1.38. The van der Waals surface area contributed by atoms with Gasteiger partial charge in [-0.2, -0.15) is 4.31 Å². The first kappa shape index (κ1) is 21.4. The zero-order chi connectivity index (χ0) is 22.0. The van der Waals surface area contributed by atoms with E-state index in [1.165, 1.54) is 4.31 Å². The number of aryl methyl sites for hydroxylation is 1. The summed E-state index contributed by atoms with van der Waals surface area (Å²) in [5, 5.41) is 1.81. The minimum atomic E-state index is -3.66. The third-order valence-electron chi connectivity index (χ3n) is 5.57. The number of piperazine rings is 1. The van der Waals surface area contributed by atoms with E-state index in [1.54, 1.807) is 23.1 Å². The Morgan fingerprint density at radius 2 is 1.58 bits per heavy atom. The Morgan fingerprint density at radius 3 is 2.32 bits per heavy atom. The van der Waals surface area contributed by atoms with Crippen molar-refractivity contribution in [2.24, 2.45) is 0 Å². The molecule has 5 nitrogen and oxygen atoms in total. The van der Waals surface area contributed by atoms with E-state index in [-0.39, 0.29) is 55.4 Å². The van der Waals surface area contributed by atoms with Crippen LogP contribution in [-0.4, -0.2) is 49.7 Å². The van der Waals surface area contributed by atoms with E-state index in [0.717, 1.165) is 29.0 Å². The van der Waals surface area contributed by atoms with E-state index in [4.69, 9.17) is 0 Å². The maximum Gasteiger partial charge on any atom is 0.243 e. The van der Waals surface area contributed by atoms with E-state index in [2.05, 4.69) is 0 Å². The fourth-order valence-corrected chi connectivity index (χ4v) is 5.25. The van der Waals surface area contributed by atoms with Crippen molar-refractivity contribution in [2.45, 2.75) is 17.7 Å². The molecule has 0 saturated carbocycles. The van der Waals surface area contributed by atoms with Gasteiger partial charge in [-0.1, -0.05) is 30.3 Å². The minimum absolute atomic E-state index is 0.0395. The fourth-order valence-electron chi connectivity index (χ4n) is 3.79. The molecule has 1 saturated heterocycles. The van der Waals surface area contributed by atoms with Crippen LogP contribution in [0.3, 0.4) is 0 Å². The first-order chi connectivity index (χ1) is 14.8. The normalized spacial score (nSPS) is 15.4. The average Bonchev–Trinajstić information content (AvgIpc) is 2.79. The summed E-state index contributed by atoms with van der Waals surface area (Å²) >= 11 is 0. The highest BCUT2D eigenvalue weighted by Gasteiger charge is 2.30. The van der Waals surface area contributed by atoms with Crippen LogP contribution in [0.5, 0.6) is 0 Å². The molecule has 0 aliphatic carbocycles. The molecule has 31 heavy (non-hydrogen) atoms. The average molecular weight is 445 g/mol. The second-order valence-electron chi connectivity index (χ2n) is 7.53. The molecule has 1 fully saturated rings. The number of rotatable bonds is 5. The number of sulfonamides is 1. The molecule has 3 aromatic rings. The highest BCUT2D eigenvalue weighted by atomic mass is 32.2. The first-order valence-electron chi connectivity index (χ1n) is 10.1. The molecule has 0 bridgehead atoms. The SMILES string of the molecule is O=C(CCc1cc(F)ccc1F)N1CCN(S(=O)(=O)c2ccc3ccccc3c2)CC1. The number of benzene rings is 3. The molecule has 162 valence electrons. The molecule has 0 N–H and O–H groups in total. The van der Waals surface area contributed by atoms with Crippen molar-refractivity contribution in [1.29, 1.82) is 0 Å². The van der Waals surface area contributed by atoms with Gasteiger partial charge in [0.25, 0.3) is 0 Å². The van der Waals surface area contributed by atoms with Crippen LogP contribution in [0.15, 0.2) is 65.6 Å². The number of fused-ring (bicyclic) bond motifs is 1. The summed E-state index contributed by atoms with van der Waals surface area (Å²) in [6.07, 6.45) is 0.135. The lowest BCUT2D eigenvalue weighted by Gasteiger charge is -2.34.